The zero-order chi connectivity index (χ0) is 12.7. The van der Waals surface area contributed by atoms with Gasteiger partial charge in [0.2, 0.25) is 0 Å². The van der Waals surface area contributed by atoms with Crippen LogP contribution in [0.5, 0.6) is 0 Å². The van der Waals surface area contributed by atoms with E-state index >= 15 is 0 Å². The minimum atomic E-state index is 0.552. The van der Waals surface area contributed by atoms with E-state index in [4.69, 9.17) is 17.5 Å². The summed E-state index contributed by atoms with van der Waals surface area (Å²) in [5.41, 5.74) is 2.31. The molecule has 0 saturated carbocycles. The van der Waals surface area contributed by atoms with Gasteiger partial charge in [-0.05, 0) is 24.8 Å². The second kappa shape index (κ2) is 7.10. The molecule has 1 rings (SSSR count). The summed E-state index contributed by atoms with van der Waals surface area (Å²) in [7, 11) is 0. The predicted molar refractivity (Wildman–Crippen MR) is 79.1 cm³/mol. The van der Waals surface area contributed by atoms with E-state index in [1.54, 1.807) is 0 Å². The fourth-order valence-electron chi connectivity index (χ4n) is 1.29. The van der Waals surface area contributed by atoms with Crippen molar-refractivity contribution in [1.82, 2.24) is 0 Å². The van der Waals surface area contributed by atoms with Gasteiger partial charge in [0.25, 0.3) is 0 Å². The molecule has 17 heavy (non-hydrogen) atoms. The maximum Gasteiger partial charge on any atom is 0.103 e. The third kappa shape index (κ3) is 4.22. The standard InChI is InChI=1S/C13H14N2S2/c1-3-17-13(16)12(9-14)10(2)15-11-7-5-4-6-8-11/h4-8,15H,3H2,1-2H3/b12-10-. The molecule has 0 bridgehead atoms. The Labute approximate surface area is 112 Å². The molecule has 0 unspecified atom stereocenters. The second-order valence-electron chi connectivity index (χ2n) is 3.32. The predicted octanol–water partition coefficient (Wildman–Crippen LogP) is 3.98. The van der Waals surface area contributed by atoms with Gasteiger partial charge in [0.15, 0.2) is 0 Å². The molecule has 0 atom stereocenters. The molecule has 2 nitrogen and oxygen atoms in total. The highest BCUT2D eigenvalue weighted by molar-refractivity contribution is 8.23. The highest BCUT2D eigenvalue weighted by Gasteiger charge is 2.08. The van der Waals surface area contributed by atoms with Crippen molar-refractivity contribution in [3.63, 3.8) is 0 Å². The molecule has 0 aliphatic carbocycles. The molecule has 0 aliphatic rings. The Hall–Kier alpha value is -1.31. The molecule has 1 aromatic rings. The normalized spacial score (nSPS) is 11.4. The molecule has 0 aliphatic heterocycles. The fraction of sp³-hybridized carbons (Fsp3) is 0.231. The summed E-state index contributed by atoms with van der Waals surface area (Å²) in [4.78, 5) is 0. The van der Waals surface area contributed by atoms with Gasteiger partial charge in [0.1, 0.15) is 6.07 Å². The maximum atomic E-state index is 9.12. The number of para-hydroxylation sites is 1. The van der Waals surface area contributed by atoms with Crippen molar-refractivity contribution < 1.29 is 0 Å². The summed E-state index contributed by atoms with van der Waals surface area (Å²) in [5.74, 6) is 0.878. The van der Waals surface area contributed by atoms with Crippen LogP contribution < -0.4 is 5.32 Å². The molecule has 1 N–H and O–H groups in total. The van der Waals surface area contributed by atoms with Gasteiger partial charge >= 0.3 is 0 Å². The van der Waals surface area contributed by atoms with Crippen LogP contribution in [0.15, 0.2) is 41.6 Å². The van der Waals surface area contributed by atoms with Gasteiger partial charge in [-0.1, -0.05) is 37.3 Å². The molecule has 0 spiro atoms. The van der Waals surface area contributed by atoms with Crippen LogP contribution in [0.3, 0.4) is 0 Å². The van der Waals surface area contributed by atoms with Gasteiger partial charge in [-0.2, -0.15) is 5.26 Å². The first-order valence-electron chi connectivity index (χ1n) is 5.29. The molecular weight excluding hydrogens is 248 g/mol. The van der Waals surface area contributed by atoms with E-state index in [1.807, 2.05) is 44.2 Å². The number of benzene rings is 1. The highest BCUT2D eigenvalue weighted by atomic mass is 32.2. The van der Waals surface area contributed by atoms with E-state index < -0.39 is 0 Å². The number of thioether (sulfide) groups is 1. The monoisotopic (exact) mass is 262 g/mol. The minimum absolute atomic E-state index is 0.552. The van der Waals surface area contributed by atoms with E-state index in [-0.39, 0.29) is 0 Å². The molecule has 0 heterocycles. The SMILES string of the molecule is CCSC(=S)/C(C#N)=C(/C)Nc1ccccc1. The summed E-state index contributed by atoms with van der Waals surface area (Å²) in [5, 5.41) is 12.3. The van der Waals surface area contributed by atoms with Crippen molar-refractivity contribution in [2.24, 2.45) is 0 Å². The quantitative estimate of drug-likeness (QED) is 0.506. The van der Waals surface area contributed by atoms with Gasteiger partial charge in [-0.3, -0.25) is 0 Å². The third-order valence-electron chi connectivity index (χ3n) is 2.07. The first-order valence-corrected chi connectivity index (χ1v) is 6.68. The topological polar surface area (TPSA) is 35.8 Å². The maximum absolute atomic E-state index is 9.12. The van der Waals surface area contributed by atoms with E-state index in [1.165, 1.54) is 11.8 Å². The molecule has 0 amide bonds. The second-order valence-corrected chi connectivity index (χ2v) is 5.26. The van der Waals surface area contributed by atoms with Crippen molar-refractivity contribution in [2.45, 2.75) is 13.8 Å². The number of allylic oxidation sites excluding steroid dienone is 1. The molecule has 0 fully saturated rings. The summed E-state index contributed by atoms with van der Waals surface area (Å²) >= 11 is 6.72. The van der Waals surface area contributed by atoms with E-state index in [0.717, 1.165) is 17.1 Å². The molecule has 0 radical (unpaired) electrons. The minimum Gasteiger partial charge on any atom is -0.358 e. The molecule has 0 aromatic heterocycles. The Morgan fingerprint density at radius 2 is 2.06 bits per heavy atom. The lowest BCUT2D eigenvalue weighted by Gasteiger charge is -2.09. The van der Waals surface area contributed by atoms with Crippen LogP contribution in [-0.4, -0.2) is 9.95 Å². The van der Waals surface area contributed by atoms with Crippen LogP contribution >= 0.6 is 24.0 Å². The molecule has 1 aromatic carbocycles. The molecular formula is C13H14N2S2. The lowest BCUT2D eigenvalue weighted by molar-refractivity contribution is 1.35. The number of nitrogens with zero attached hydrogens (tertiary/aromatic N) is 1. The Balaban J connectivity index is 2.88. The van der Waals surface area contributed by atoms with Crippen LogP contribution in [0.1, 0.15) is 13.8 Å². The molecule has 4 heteroatoms. The Bertz CT molecular complexity index is 458. The number of thiocarbonyl (C=S) groups is 1. The largest absolute Gasteiger partial charge is 0.358 e. The number of anilines is 1. The lowest BCUT2D eigenvalue weighted by Crippen LogP contribution is -2.04. The summed E-state index contributed by atoms with van der Waals surface area (Å²) < 4.78 is 0.649. The van der Waals surface area contributed by atoms with E-state index in [9.17, 15) is 0 Å². The van der Waals surface area contributed by atoms with Crippen molar-refractivity contribution in [3.05, 3.63) is 41.6 Å². The first kappa shape index (κ1) is 13.8. The number of hydrogen-bond donors (Lipinski definition) is 1. The number of nitrogens with one attached hydrogen (secondary N) is 1. The van der Waals surface area contributed by atoms with Gasteiger partial charge < -0.3 is 5.32 Å². The molecule has 0 saturated heterocycles. The van der Waals surface area contributed by atoms with Crippen LogP contribution in [0, 0.1) is 11.3 Å². The fourth-order valence-corrected chi connectivity index (χ4v) is 2.44. The van der Waals surface area contributed by atoms with Crippen molar-refractivity contribution in [2.75, 3.05) is 11.1 Å². The number of nitriles is 1. The lowest BCUT2D eigenvalue weighted by atomic mass is 10.2. The average molecular weight is 262 g/mol. The highest BCUT2D eigenvalue weighted by Crippen LogP contribution is 2.18. The zero-order valence-electron chi connectivity index (χ0n) is 9.86. The summed E-state index contributed by atoms with van der Waals surface area (Å²) in [6.45, 7) is 3.89. The van der Waals surface area contributed by atoms with Crippen molar-refractivity contribution in [3.8, 4) is 6.07 Å². The number of hydrogen-bond acceptors (Lipinski definition) is 4. The number of rotatable bonds is 4. The molecule has 88 valence electrons. The first-order chi connectivity index (χ1) is 8.19. The summed E-state index contributed by atoms with van der Waals surface area (Å²) in [6, 6.07) is 11.9. The van der Waals surface area contributed by atoms with Crippen LogP contribution in [0.25, 0.3) is 0 Å². The Morgan fingerprint density at radius 3 is 2.59 bits per heavy atom. The summed E-state index contributed by atoms with van der Waals surface area (Å²) in [6.07, 6.45) is 0. The Kier molecular flexibility index (Phi) is 5.75. The van der Waals surface area contributed by atoms with Gasteiger partial charge in [0, 0.05) is 11.4 Å². The van der Waals surface area contributed by atoms with Gasteiger partial charge in [0.05, 0.1) is 9.77 Å². The van der Waals surface area contributed by atoms with Crippen LogP contribution in [0.2, 0.25) is 0 Å². The van der Waals surface area contributed by atoms with Crippen molar-refractivity contribution >= 4 is 33.9 Å². The van der Waals surface area contributed by atoms with Gasteiger partial charge in [-0.25, -0.2) is 0 Å². The van der Waals surface area contributed by atoms with E-state index in [2.05, 4.69) is 11.4 Å². The van der Waals surface area contributed by atoms with Crippen LogP contribution in [0.4, 0.5) is 5.69 Å². The third-order valence-corrected chi connectivity index (χ3v) is 3.38. The van der Waals surface area contributed by atoms with Crippen LogP contribution in [-0.2, 0) is 0 Å². The Morgan fingerprint density at radius 1 is 1.41 bits per heavy atom. The zero-order valence-corrected chi connectivity index (χ0v) is 11.5. The van der Waals surface area contributed by atoms with Crippen molar-refractivity contribution in [1.29, 1.82) is 5.26 Å². The average Bonchev–Trinajstić information content (AvgIpc) is 2.31. The van der Waals surface area contributed by atoms with E-state index in [0.29, 0.717) is 9.77 Å². The van der Waals surface area contributed by atoms with Gasteiger partial charge in [-0.15, -0.1) is 11.8 Å². The smallest absolute Gasteiger partial charge is 0.103 e.